The monoisotopic (exact) mass is 259 g/mol. The summed E-state index contributed by atoms with van der Waals surface area (Å²) in [6.07, 6.45) is -3.43. The van der Waals surface area contributed by atoms with Gasteiger partial charge in [0.25, 0.3) is 0 Å². The Bertz CT molecular complexity index is 431. The highest BCUT2D eigenvalue weighted by molar-refractivity contribution is 5.59. The zero-order valence-electron chi connectivity index (χ0n) is 10.1. The number of hydrogen-bond donors (Lipinski definition) is 2. The Balaban J connectivity index is 2.26. The largest absolute Gasteiger partial charge is 0.416 e. The molecule has 0 radical (unpaired) electrons. The second kappa shape index (κ2) is 4.68. The minimum absolute atomic E-state index is 0.146. The van der Waals surface area contributed by atoms with E-state index in [0.29, 0.717) is 18.3 Å². The summed E-state index contributed by atoms with van der Waals surface area (Å²) in [6, 6.07) is 4.04. The third-order valence-electron chi connectivity index (χ3n) is 3.23. The molecule has 0 saturated carbocycles. The Morgan fingerprint density at radius 1 is 1.33 bits per heavy atom. The molecular formula is C12H16F3N3. The number of halogens is 3. The zero-order valence-corrected chi connectivity index (χ0v) is 10.1. The van der Waals surface area contributed by atoms with Gasteiger partial charge in [0.1, 0.15) is 0 Å². The van der Waals surface area contributed by atoms with E-state index in [1.165, 1.54) is 0 Å². The van der Waals surface area contributed by atoms with E-state index >= 15 is 0 Å². The molecule has 100 valence electrons. The molecule has 0 aliphatic carbocycles. The van der Waals surface area contributed by atoms with Crippen LogP contribution in [0.1, 0.15) is 12.0 Å². The van der Waals surface area contributed by atoms with Crippen LogP contribution in [0.3, 0.4) is 0 Å². The fraction of sp³-hybridized carbons (Fsp3) is 0.500. The van der Waals surface area contributed by atoms with Crippen LogP contribution in [0.5, 0.6) is 0 Å². The summed E-state index contributed by atoms with van der Waals surface area (Å²) in [5, 5.41) is 3.13. The van der Waals surface area contributed by atoms with Gasteiger partial charge in [-0.05, 0) is 31.7 Å². The fourth-order valence-electron chi connectivity index (χ4n) is 2.21. The SMILES string of the molecule is CNC1CCN(c2cc(N)cc(C(F)(F)F)c2)C1. The smallest absolute Gasteiger partial charge is 0.399 e. The van der Waals surface area contributed by atoms with Crippen molar-refractivity contribution in [3.63, 3.8) is 0 Å². The van der Waals surface area contributed by atoms with Crippen LogP contribution in [0.15, 0.2) is 18.2 Å². The van der Waals surface area contributed by atoms with Crippen molar-refractivity contribution in [2.75, 3.05) is 30.8 Å². The number of anilines is 2. The highest BCUT2D eigenvalue weighted by Crippen LogP contribution is 2.34. The molecule has 0 amide bonds. The van der Waals surface area contributed by atoms with E-state index in [1.807, 2.05) is 11.9 Å². The van der Waals surface area contributed by atoms with Crippen LogP contribution in [-0.4, -0.2) is 26.2 Å². The molecule has 0 spiro atoms. The first-order chi connectivity index (χ1) is 8.40. The summed E-state index contributed by atoms with van der Waals surface area (Å²) in [4.78, 5) is 1.92. The molecule has 1 unspecified atom stereocenters. The average molecular weight is 259 g/mol. The number of alkyl halides is 3. The Labute approximate surface area is 104 Å². The Morgan fingerprint density at radius 3 is 2.61 bits per heavy atom. The number of nitrogen functional groups attached to an aromatic ring is 1. The first kappa shape index (κ1) is 13.0. The fourth-order valence-corrected chi connectivity index (χ4v) is 2.21. The maximum atomic E-state index is 12.7. The van der Waals surface area contributed by atoms with Crippen molar-refractivity contribution >= 4 is 11.4 Å². The third-order valence-corrected chi connectivity index (χ3v) is 3.23. The van der Waals surface area contributed by atoms with Crippen LogP contribution in [0.2, 0.25) is 0 Å². The molecular weight excluding hydrogens is 243 g/mol. The number of nitrogens with one attached hydrogen (secondary N) is 1. The lowest BCUT2D eigenvalue weighted by molar-refractivity contribution is -0.137. The van der Waals surface area contributed by atoms with Crippen molar-refractivity contribution in [3.05, 3.63) is 23.8 Å². The van der Waals surface area contributed by atoms with Crippen LogP contribution in [0.4, 0.5) is 24.5 Å². The van der Waals surface area contributed by atoms with Gasteiger partial charge < -0.3 is 16.0 Å². The van der Waals surface area contributed by atoms with Crippen LogP contribution in [0.25, 0.3) is 0 Å². The molecule has 3 N–H and O–H groups in total. The van der Waals surface area contributed by atoms with Gasteiger partial charge in [0.15, 0.2) is 0 Å². The highest BCUT2D eigenvalue weighted by atomic mass is 19.4. The van der Waals surface area contributed by atoms with Crippen LogP contribution < -0.4 is 16.0 Å². The number of likely N-dealkylation sites (N-methyl/N-ethyl adjacent to an activating group) is 1. The van der Waals surface area contributed by atoms with Crippen molar-refractivity contribution in [2.45, 2.75) is 18.6 Å². The lowest BCUT2D eigenvalue weighted by atomic mass is 10.1. The third kappa shape index (κ3) is 2.69. The summed E-state index contributed by atoms with van der Waals surface area (Å²) >= 11 is 0. The maximum absolute atomic E-state index is 12.7. The second-order valence-electron chi connectivity index (χ2n) is 4.53. The first-order valence-corrected chi connectivity index (χ1v) is 5.80. The van der Waals surface area contributed by atoms with Gasteiger partial charge in [-0.2, -0.15) is 13.2 Å². The predicted molar refractivity (Wildman–Crippen MR) is 65.5 cm³/mol. The molecule has 3 nitrogen and oxygen atoms in total. The zero-order chi connectivity index (χ0) is 13.3. The van der Waals surface area contributed by atoms with Gasteiger partial charge in [0.2, 0.25) is 0 Å². The lowest BCUT2D eigenvalue weighted by Crippen LogP contribution is -2.29. The molecule has 1 aromatic carbocycles. The molecule has 0 bridgehead atoms. The van der Waals surface area contributed by atoms with Crippen LogP contribution in [0, 0.1) is 0 Å². The topological polar surface area (TPSA) is 41.3 Å². The van der Waals surface area contributed by atoms with Crippen LogP contribution >= 0.6 is 0 Å². The summed E-state index contributed by atoms with van der Waals surface area (Å²) < 4.78 is 38.1. The molecule has 1 fully saturated rings. The summed E-state index contributed by atoms with van der Waals surface area (Å²) in [6.45, 7) is 1.45. The molecule has 1 saturated heterocycles. The number of nitrogens with zero attached hydrogens (tertiary/aromatic N) is 1. The van der Waals surface area contributed by atoms with Gasteiger partial charge in [0, 0.05) is 30.5 Å². The van der Waals surface area contributed by atoms with Crippen molar-refractivity contribution in [3.8, 4) is 0 Å². The van der Waals surface area contributed by atoms with Gasteiger partial charge in [-0.1, -0.05) is 0 Å². The van der Waals surface area contributed by atoms with Gasteiger partial charge in [-0.3, -0.25) is 0 Å². The van der Waals surface area contributed by atoms with Gasteiger partial charge >= 0.3 is 6.18 Å². The predicted octanol–water partition coefficient (Wildman–Crippen LogP) is 2.09. The van der Waals surface area contributed by atoms with Crippen LogP contribution in [-0.2, 0) is 6.18 Å². The molecule has 1 aliphatic rings. The van der Waals surface area contributed by atoms with E-state index in [4.69, 9.17) is 5.73 Å². The second-order valence-corrected chi connectivity index (χ2v) is 4.53. The van der Waals surface area contributed by atoms with Gasteiger partial charge in [-0.25, -0.2) is 0 Å². The van der Waals surface area contributed by atoms with E-state index in [2.05, 4.69) is 5.32 Å². The summed E-state index contributed by atoms with van der Waals surface area (Å²) in [5.41, 5.74) is 5.55. The van der Waals surface area contributed by atoms with Gasteiger partial charge in [-0.15, -0.1) is 0 Å². The minimum Gasteiger partial charge on any atom is -0.399 e. The van der Waals surface area contributed by atoms with Gasteiger partial charge in [0.05, 0.1) is 5.56 Å². The van der Waals surface area contributed by atoms with E-state index in [-0.39, 0.29) is 5.69 Å². The first-order valence-electron chi connectivity index (χ1n) is 5.80. The Kier molecular flexibility index (Phi) is 3.38. The molecule has 1 aliphatic heterocycles. The number of benzene rings is 1. The van der Waals surface area contributed by atoms with Crippen molar-refractivity contribution in [1.29, 1.82) is 0 Å². The Hall–Kier alpha value is -1.43. The maximum Gasteiger partial charge on any atom is 0.416 e. The molecule has 1 atom stereocenters. The Morgan fingerprint density at radius 2 is 2.06 bits per heavy atom. The number of hydrogen-bond acceptors (Lipinski definition) is 3. The van der Waals surface area contributed by atoms with E-state index < -0.39 is 11.7 Å². The number of rotatable bonds is 2. The van der Waals surface area contributed by atoms with E-state index in [1.54, 1.807) is 6.07 Å². The normalized spacial score (nSPS) is 20.4. The summed E-state index contributed by atoms with van der Waals surface area (Å²) in [7, 11) is 1.86. The quantitative estimate of drug-likeness (QED) is 0.799. The highest BCUT2D eigenvalue weighted by Gasteiger charge is 2.32. The minimum atomic E-state index is -4.35. The van der Waals surface area contributed by atoms with Crippen molar-refractivity contribution in [2.24, 2.45) is 0 Å². The standard InChI is InChI=1S/C12H16F3N3/c1-17-10-2-3-18(7-10)11-5-8(12(13,14)15)4-9(16)6-11/h4-6,10,17H,2-3,7,16H2,1H3. The molecule has 2 rings (SSSR count). The molecule has 1 aromatic rings. The molecule has 1 heterocycles. The number of nitrogens with two attached hydrogens (primary N) is 1. The van der Waals surface area contributed by atoms with E-state index in [0.717, 1.165) is 25.1 Å². The molecule has 6 heteroatoms. The van der Waals surface area contributed by atoms with Crippen molar-refractivity contribution < 1.29 is 13.2 Å². The van der Waals surface area contributed by atoms with Crippen molar-refractivity contribution in [1.82, 2.24) is 5.32 Å². The molecule has 0 aromatic heterocycles. The summed E-state index contributed by atoms with van der Waals surface area (Å²) in [5.74, 6) is 0. The lowest BCUT2D eigenvalue weighted by Gasteiger charge is -2.20. The molecule has 18 heavy (non-hydrogen) atoms. The van der Waals surface area contributed by atoms with E-state index in [9.17, 15) is 13.2 Å². The average Bonchev–Trinajstić information content (AvgIpc) is 2.75.